The summed E-state index contributed by atoms with van der Waals surface area (Å²) in [4.78, 5) is 0. The lowest BCUT2D eigenvalue weighted by atomic mass is 9.77. The van der Waals surface area contributed by atoms with Gasteiger partial charge in [-0.15, -0.1) is 0 Å². The largest absolute Gasteiger partial charge is 0.491 e. The van der Waals surface area contributed by atoms with Gasteiger partial charge in [-0.3, -0.25) is 0 Å². The van der Waals surface area contributed by atoms with E-state index in [1.54, 1.807) is 6.92 Å². The van der Waals surface area contributed by atoms with Gasteiger partial charge in [0.15, 0.2) is 29.5 Å². The summed E-state index contributed by atoms with van der Waals surface area (Å²) < 4.78 is 75.7. The zero-order chi connectivity index (χ0) is 24.2. The Bertz CT molecular complexity index is 1020. The van der Waals surface area contributed by atoms with Gasteiger partial charge in [-0.05, 0) is 63.1 Å². The maximum atomic E-state index is 15.1. The van der Waals surface area contributed by atoms with Gasteiger partial charge < -0.3 is 14.2 Å². The molecule has 1 heterocycles. The highest BCUT2D eigenvalue weighted by atomic mass is 19.2. The number of benzene rings is 2. The van der Waals surface area contributed by atoms with Crippen LogP contribution in [0.4, 0.5) is 17.6 Å². The molecule has 7 heteroatoms. The Labute approximate surface area is 197 Å². The minimum absolute atomic E-state index is 0.152. The molecule has 34 heavy (non-hydrogen) atoms. The summed E-state index contributed by atoms with van der Waals surface area (Å²) in [5.41, 5.74) is -0.380. The number of halogens is 4. The highest BCUT2D eigenvalue weighted by Gasteiger charge is 2.34. The monoisotopic (exact) mass is 478 g/mol. The molecular formula is C27H30F4O3. The van der Waals surface area contributed by atoms with Gasteiger partial charge in [0.1, 0.15) is 0 Å². The molecule has 0 N–H and O–H groups in total. The van der Waals surface area contributed by atoms with Gasteiger partial charge in [-0.25, -0.2) is 13.2 Å². The van der Waals surface area contributed by atoms with Crippen LogP contribution >= 0.6 is 0 Å². The van der Waals surface area contributed by atoms with Crippen molar-refractivity contribution in [3.05, 3.63) is 65.2 Å². The Morgan fingerprint density at radius 2 is 1.47 bits per heavy atom. The van der Waals surface area contributed by atoms with Crippen LogP contribution in [-0.2, 0) is 9.47 Å². The van der Waals surface area contributed by atoms with Crippen LogP contribution in [0.15, 0.2) is 36.4 Å². The van der Waals surface area contributed by atoms with Crippen molar-refractivity contribution in [3.8, 4) is 16.9 Å². The van der Waals surface area contributed by atoms with E-state index < -0.39 is 23.3 Å². The first-order chi connectivity index (χ1) is 16.4. The van der Waals surface area contributed by atoms with Crippen molar-refractivity contribution >= 4 is 0 Å². The van der Waals surface area contributed by atoms with Crippen LogP contribution in [0.25, 0.3) is 11.1 Å². The number of allylic oxidation sites excluding steroid dienone is 1. The third-order valence-electron chi connectivity index (χ3n) is 6.76. The SMILES string of the molecule is CC=CC1COC(C2CCC(c3ccc(-c4ccc(OCC)c(F)c4F)c(F)c3F)CC2)OC1. The molecule has 3 nitrogen and oxygen atoms in total. The minimum atomic E-state index is -1.26. The van der Waals surface area contributed by atoms with E-state index in [2.05, 4.69) is 6.08 Å². The third-order valence-corrected chi connectivity index (χ3v) is 6.76. The summed E-state index contributed by atoms with van der Waals surface area (Å²) in [6.07, 6.45) is 6.71. The van der Waals surface area contributed by atoms with Crippen molar-refractivity contribution in [2.24, 2.45) is 11.8 Å². The smallest absolute Gasteiger partial charge is 0.201 e. The first-order valence-electron chi connectivity index (χ1n) is 11.9. The van der Waals surface area contributed by atoms with Crippen molar-refractivity contribution in [2.75, 3.05) is 19.8 Å². The van der Waals surface area contributed by atoms with E-state index in [9.17, 15) is 13.2 Å². The predicted octanol–water partition coefficient (Wildman–Crippen LogP) is 7.15. The van der Waals surface area contributed by atoms with Crippen LogP contribution in [0, 0.1) is 35.1 Å². The second-order valence-electron chi connectivity index (χ2n) is 8.94. The molecule has 184 valence electrons. The fraction of sp³-hybridized carbons (Fsp3) is 0.481. The molecule has 2 aliphatic rings. The molecule has 0 radical (unpaired) electrons. The van der Waals surface area contributed by atoms with Crippen LogP contribution < -0.4 is 4.74 Å². The van der Waals surface area contributed by atoms with Crippen LogP contribution in [0.2, 0.25) is 0 Å². The highest BCUT2D eigenvalue weighted by molar-refractivity contribution is 5.66. The van der Waals surface area contributed by atoms with Crippen molar-refractivity contribution < 1.29 is 31.8 Å². The van der Waals surface area contributed by atoms with Crippen LogP contribution in [-0.4, -0.2) is 26.1 Å². The van der Waals surface area contributed by atoms with E-state index in [4.69, 9.17) is 14.2 Å². The summed E-state index contributed by atoms with van der Waals surface area (Å²) >= 11 is 0. The average Bonchev–Trinajstić information content (AvgIpc) is 2.85. The first kappa shape index (κ1) is 24.7. The molecule has 0 atom stereocenters. The van der Waals surface area contributed by atoms with Crippen LogP contribution in [0.5, 0.6) is 5.75 Å². The minimum Gasteiger partial charge on any atom is -0.491 e. The number of hydrogen-bond acceptors (Lipinski definition) is 3. The van der Waals surface area contributed by atoms with E-state index in [-0.39, 0.29) is 53.1 Å². The second-order valence-corrected chi connectivity index (χ2v) is 8.94. The number of hydrogen-bond donors (Lipinski definition) is 0. The lowest BCUT2D eigenvalue weighted by molar-refractivity contribution is -0.222. The molecule has 1 saturated carbocycles. The topological polar surface area (TPSA) is 27.7 Å². The molecule has 1 saturated heterocycles. The summed E-state index contributed by atoms with van der Waals surface area (Å²) in [5.74, 6) is -4.59. The Morgan fingerprint density at radius 1 is 0.853 bits per heavy atom. The average molecular weight is 479 g/mol. The molecule has 2 aromatic carbocycles. The molecule has 0 aromatic heterocycles. The number of rotatable bonds is 6. The predicted molar refractivity (Wildman–Crippen MR) is 122 cm³/mol. The van der Waals surface area contributed by atoms with Crippen LogP contribution in [0.3, 0.4) is 0 Å². The lowest BCUT2D eigenvalue weighted by Crippen LogP contribution is -2.37. The van der Waals surface area contributed by atoms with Gasteiger partial charge in [0.2, 0.25) is 5.82 Å². The summed E-state index contributed by atoms with van der Waals surface area (Å²) in [6.45, 7) is 5.01. The summed E-state index contributed by atoms with van der Waals surface area (Å²) in [5, 5.41) is 0. The fourth-order valence-corrected chi connectivity index (χ4v) is 4.99. The van der Waals surface area contributed by atoms with Gasteiger partial charge in [-0.1, -0.05) is 24.3 Å². The van der Waals surface area contributed by atoms with Crippen molar-refractivity contribution in [1.82, 2.24) is 0 Å². The van der Waals surface area contributed by atoms with E-state index in [0.717, 1.165) is 12.8 Å². The fourth-order valence-electron chi connectivity index (χ4n) is 4.99. The van der Waals surface area contributed by atoms with Crippen molar-refractivity contribution in [1.29, 1.82) is 0 Å². The van der Waals surface area contributed by atoms with E-state index in [0.29, 0.717) is 26.1 Å². The Balaban J connectivity index is 1.45. The Morgan fingerprint density at radius 3 is 2.09 bits per heavy atom. The molecule has 2 aromatic rings. The van der Waals surface area contributed by atoms with Crippen molar-refractivity contribution in [2.45, 2.75) is 51.7 Å². The maximum absolute atomic E-state index is 15.1. The van der Waals surface area contributed by atoms with Gasteiger partial charge in [0, 0.05) is 23.0 Å². The van der Waals surface area contributed by atoms with Crippen LogP contribution in [0.1, 0.15) is 51.0 Å². The molecule has 0 amide bonds. The molecule has 1 aliphatic heterocycles. The van der Waals surface area contributed by atoms with Gasteiger partial charge in [0.25, 0.3) is 0 Å². The Kier molecular flexibility index (Phi) is 7.94. The molecule has 0 bridgehead atoms. The van der Waals surface area contributed by atoms with Gasteiger partial charge in [0.05, 0.1) is 19.8 Å². The molecule has 1 aliphatic carbocycles. The third kappa shape index (κ3) is 5.01. The van der Waals surface area contributed by atoms with E-state index >= 15 is 4.39 Å². The van der Waals surface area contributed by atoms with E-state index in [1.807, 2.05) is 13.0 Å². The van der Waals surface area contributed by atoms with E-state index in [1.165, 1.54) is 24.3 Å². The van der Waals surface area contributed by atoms with Gasteiger partial charge >= 0.3 is 0 Å². The zero-order valence-corrected chi connectivity index (χ0v) is 19.5. The molecular weight excluding hydrogens is 448 g/mol. The summed E-state index contributed by atoms with van der Waals surface area (Å²) in [7, 11) is 0. The van der Waals surface area contributed by atoms with Crippen molar-refractivity contribution in [3.63, 3.8) is 0 Å². The molecule has 0 unspecified atom stereocenters. The lowest BCUT2D eigenvalue weighted by Gasteiger charge is -2.37. The standard InChI is InChI=1S/C27H30F4O3/c1-3-5-16-14-33-27(34-15-16)18-8-6-17(7-9-18)19-10-11-20(24(29)23(19)28)21-12-13-22(32-4-2)26(31)25(21)30/h3,5,10-13,16-18,27H,4,6-9,14-15H2,1-2H3. The molecule has 0 spiro atoms. The van der Waals surface area contributed by atoms with Gasteiger partial charge in [-0.2, -0.15) is 4.39 Å². The number of ether oxygens (including phenoxy) is 3. The quantitative estimate of drug-likeness (QED) is 0.326. The first-order valence-corrected chi connectivity index (χ1v) is 11.9. The zero-order valence-electron chi connectivity index (χ0n) is 19.5. The maximum Gasteiger partial charge on any atom is 0.201 e. The summed E-state index contributed by atoms with van der Waals surface area (Å²) in [6, 6.07) is 5.24. The molecule has 4 rings (SSSR count). The highest BCUT2D eigenvalue weighted by Crippen LogP contribution is 2.41. The molecule has 2 fully saturated rings. The Hall–Kier alpha value is -2.38. The normalized spacial score (nSPS) is 25.6. The second kappa shape index (κ2) is 10.9.